The van der Waals surface area contributed by atoms with Gasteiger partial charge >= 0.3 is 0 Å². The first-order chi connectivity index (χ1) is 10.1. The number of methoxy groups -OCH3 is 1. The minimum Gasteiger partial charge on any atom is -0.496 e. The van der Waals surface area contributed by atoms with Crippen molar-refractivity contribution in [3.63, 3.8) is 0 Å². The average molecular weight is 285 g/mol. The van der Waals surface area contributed by atoms with Gasteiger partial charge in [0, 0.05) is 5.39 Å². The van der Waals surface area contributed by atoms with Crippen LogP contribution in [0.3, 0.4) is 0 Å². The van der Waals surface area contributed by atoms with Gasteiger partial charge in [-0.25, -0.2) is 0 Å². The van der Waals surface area contributed by atoms with Crippen LogP contribution in [0.4, 0.5) is 0 Å². The van der Waals surface area contributed by atoms with Gasteiger partial charge in [-0.2, -0.15) is 0 Å². The Balaban J connectivity index is 2.32. The van der Waals surface area contributed by atoms with Crippen molar-refractivity contribution in [3.8, 4) is 5.75 Å². The molecule has 0 spiro atoms. The maximum Gasteiger partial charge on any atom is 0.126 e. The third-order valence-electron chi connectivity index (χ3n) is 4.19. The topological polar surface area (TPSA) is 21.3 Å². The Labute approximate surface area is 128 Å². The van der Waals surface area contributed by atoms with E-state index in [4.69, 9.17) is 4.74 Å². The van der Waals surface area contributed by atoms with E-state index in [1.807, 2.05) is 0 Å². The first kappa shape index (κ1) is 15.8. The maximum atomic E-state index is 5.50. The Bertz CT molecular complexity index is 589. The molecule has 114 valence electrons. The Kier molecular flexibility index (Phi) is 5.24. The van der Waals surface area contributed by atoms with Gasteiger partial charge in [0.2, 0.25) is 0 Å². The van der Waals surface area contributed by atoms with E-state index < -0.39 is 0 Å². The largest absolute Gasteiger partial charge is 0.496 e. The molecule has 2 rings (SSSR count). The molecular formula is C19H27NO. The second-order valence-corrected chi connectivity index (χ2v) is 6.24. The summed E-state index contributed by atoms with van der Waals surface area (Å²) in [7, 11) is 1.74. The summed E-state index contributed by atoms with van der Waals surface area (Å²) < 4.78 is 5.50. The number of benzene rings is 2. The monoisotopic (exact) mass is 285 g/mol. The lowest BCUT2D eigenvalue weighted by molar-refractivity contribution is 0.418. The number of hydrogen-bond acceptors (Lipinski definition) is 2. The van der Waals surface area contributed by atoms with Gasteiger partial charge in [0.1, 0.15) is 5.75 Å². The Hall–Kier alpha value is -1.54. The highest BCUT2D eigenvalue weighted by molar-refractivity contribution is 5.91. The molecule has 0 aliphatic carbocycles. The molecule has 2 heteroatoms. The quantitative estimate of drug-likeness (QED) is 0.755. The van der Waals surface area contributed by atoms with E-state index in [9.17, 15) is 0 Å². The number of nitrogens with one attached hydrogen (secondary N) is 1. The first-order valence-electron chi connectivity index (χ1n) is 7.87. The summed E-state index contributed by atoms with van der Waals surface area (Å²) in [6.45, 7) is 9.01. The molecule has 0 aromatic heterocycles. The molecule has 2 aromatic rings. The van der Waals surface area contributed by atoms with E-state index in [1.54, 1.807) is 7.11 Å². The van der Waals surface area contributed by atoms with E-state index in [0.29, 0.717) is 0 Å². The van der Waals surface area contributed by atoms with E-state index in [-0.39, 0.29) is 5.41 Å². The van der Waals surface area contributed by atoms with Crippen LogP contribution < -0.4 is 10.1 Å². The van der Waals surface area contributed by atoms with Crippen LogP contribution in [0.1, 0.15) is 39.2 Å². The molecule has 0 heterocycles. The molecule has 0 saturated heterocycles. The van der Waals surface area contributed by atoms with Gasteiger partial charge < -0.3 is 10.1 Å². The normalized spacial score (nSPS) is 11.8. The van der Waals surface area contributed by atoms with E-state index in [0.717, 1.165) is 25.3 Å². The predicted molar refractivity (Wildman–Crippen MR) is 91.3 cm³/mol. The zero-order valence-corrected chi connectivity index (χ0v) is 13.7. The number of ether oxygens (including phenoxy) is 1. The minimum absolute atomic E-state index is 0.145. The molecule has 0 aliphatic rings. The Morgan fingerprint density at radius 3 is 2.38 bits per heavy atom. The molecule has 0 atom stereocenters. The van der Waals surface area contributed by atoms with Gasteiger partial charge in [-0.15, -0.1) is 0 Å². The zero-order valence-electron chi connectivity index (χ0n) is 13.7. The molecule has 21 heavy (non-hydrogen) atoms. The van der Waals surface area contributed by atoms with Crippen molar-refractivity contribution < 1.29 is 4.74 Å². The molecule has 0 unspecified atom stereocenters. The summed E-state index contributed by atoms with van der Waals surface area (Å²) in [4.78, 5) is 0. The van der Waals surface area contributed by atoms with Gasteiger partial charge in [-0.1, -0.05) is 51.1 Å². The van der Waals surface area contributed by atoms with Gasteiger partial charge in [-0.05, 0) is 48.4 Å². The van der Waals surface area contributed by atoms with Crippen molar-refractivity contribution in [2.24, 2.45) is 0 Å². The number of fused-ring (bicyclic) bond motifs is 1. The Morgan fingerprint density at radius 2 is 1.71 bits per heavy atom. The minimum atomic E-state index is 0.145. The van der Waals surface area contributed by atoms with Crippen LogP contribution in [-0.2, 0) is 5.41 Å². The summed E-state index contributed by atoms with van der Waals surface area (Å²) >= 11 is 0. The van der Waals surface area contributed by atoms with Gasteiger partial charge in [0.15, 0.2) is 0 Å². The van der Waals surface area contributed by atoms with Crippen LogP contribution in [0.2, 0.25) is 0 Å². The van der Waals surface area contributed by atoms with Crippen LogP contribution in [0.15, 0.2) is 36.4 Å². The summed E-state index contributed by atoms with van der Waals surface area (Å²) in [5.41, 5.74) is 1.55. The predicted octanol–water partition coefficient (Wildman–Crippen LogP) is 4.52. The second kappa shape index (κ2) is 6.95. The van der Waals surface area contributed by atoms with Crippen LogP contribution in [0.25, 0.3) is 10.8 Å². The van der Waals surface area contributed by atoms with Crippen molar-refractivity contribution in [2.45, 2.75) is 39.0 Å². The SMILES string of the molecule is CCCNCCC(C)(C)c1ccc(OC)c2ccccc12. The van der Waals surface area contributed by atoms with Gasteiger partial charge in [0.05, 0.1) is 7.11 Å². The van der Waals surface area contributed by atoms with Crippen LogP contribution in [0, 0.1) is 0 Å². The molecule has 0 radical (unpaired) electrons. The lowest BCUT2D eigenvalue weighted by atomic mass is 9.79. The Morgan fingerprint density at radius 1 is 1.00 bits per heavy atom. The van der Waals surface area contributed by atoms with Crippen molar-refractivity contribution in [1.82, 2.24) is 5.32 Å². The lowest BCUT2D eigenvalue weighted by Gasteiger charge is -2.27. The fraction of sp³-hybridized carbons (Fsp3) is 0.474. The highest BCUT2D eigenvalue weighted by Crippen LogP contribution is 2.36. The molecule has 0 fully saturated rings. The molecule has 1 N–H and O–H groups in total. The van der Waals surface area contributed by atoms with E-state index in [2.05, 4.69) is 62.5 Å². The van der Waals surface area contributed by atoms with Gasteiger partial charge in [0.25, 0.3) is 0 Å². The van der Waals surface area contributed by atoms with Crippen molar-refractivity contribution in [1.29, 1.82) is 0 Å². The fourth-order valence-corrected chi connectivity index (χ4v) is 2.88. The summed E-state index contributed by atoms with van der Waals surface area (Å²) in [6.07, 6.45) is 2.31. The fourth-order valence-electron chi connectivity index (χ4n) is 2.88. The highest BCUT2D eigenvalue weighted by Gasteiger charge is 2.23. The van der Waals surface area contributed by atoms with E-state index in [1.165, 1.54) is 22.8 Å². The summed E-state index contributed by atoms with van der Waals surface area (Å²) in [6, 6.07) is 12.8. The molecule has 2 nitrogen and oxygen atoms in total. The maximum absolute atomic E-state index is 5.50. The molecule has 0 amide bonds. The van der Waals surface area contributed by atoms with Crippen molar-refractivity contribution in [3.05, 3.63) is 42.0 Å². The summed E-state index contributed by atoms with van der Waals surface area (Å²) in [5.74, 6) is 0.953. The first-order valence-corrected chi connectivity index (χ1v) is 7.87. The number of hydrogen-bond donors (Lipinski definition) is 1. The third-order valence-corrected chi connectivity index (χ3v) is 4.19. The lowest BCUT2D eigenvalue weighted by Crippen LogP contribution is -2.26. The standard InChI is InChI=1S/C19H27NO/c1-5-13-20-14-12-19(2,3)17-10-11-18(21-4)16-9-7-6-8-15(16)17/h6-11,20H,5,12-14H2,1-4H3. The molecular weight excluding hydrogens is 258 g/mol. The van der Waals surface area contributed by atoms with Crippen molar-refractivity contribution >= 4 is 10.8 Å². The van der Waals surface area contributed by atoms with Crippen molar-refractivity contribution in [2.75, 3.05) is 20.2 Å². The van der Waals surface area contributed by atoms with Crippen LogP contribution in [-0.4, -0.2) is 20.2 Å². The molecule has 0 aliphatic heterocycles. The summed E-state index contributed by atoms with van der Waals surface area (Å²) in [5, 5.41) is 6.01. The number of rotatable bonds is 7. The molecule has 0 bridgehead atoms. The third kappa shape index (κ3) is 3.56. The second-order valence-electron chi connectivity index (χ2n) is 6.24. The average Bonchev–Trinajstić information content (AvgIpc) is 2.50. The highest BCUT2D eigenvalue weighted by atomic mass is 16.5. The van der Waals surface area contributed by atoms with Gasteiger partial charge in [-0.3, -0.25) is 0 Å². The molecule has 0 saturated carbocycles. The van der Waals surface area contributed by atoms with E-state index >= 15 is 0 Å². The molecule has 2 aromatic carbocycles. The van der Waals surface area contributed by atoms with Crippen LogP contribution >= 0.6 is 0 Å². The van der Waals surface area contributed by atoms with Crippen LogP contribution in [0.5, 0.6) is 5.75 Å². The zero-order chi connectivity index (χ0) is 15.3. The smallest absolute Gasteiger partial charge is 0.126 e.